The topological polar surface area (TPSA) is 117 Å². The summed E-state index contributed by atoms with van der Waals surface area (Å²) in [6.07, 6.45) is -3.96. The Balaban J connectivity index is 1.48. The van der Waals surface area contributed by atoms with Crippen molar-refractivity contribution in [3.8, 4) is 0 Å². The third-order valence-electron chi connectivity index (χ3n) is 6.80. The minimum atomic E-state index is -1.46. The van der Waals surface area contributed by atoms with Gasteiger partial charge in [0.05, 0.1) is 12.1 Å². The second-order valence-corrected chi connectivity index (χ2v) is 9.99. The lowest BCUT2D eigenvalue weighted by Crippen LogP contribution is -2.57. The summed E-state index contributed by atoms with van der Waals surface area (Å²) in [4.78, 5) is 25.6. The highest BCUT2D eigenvalue weighted by Gasteiger charge is 2.35. The predicted octanol–water partition coefficient (Wildman–Crippen LogP) is 4.78. The Morgan fingerprint density at radius 2 is 0.786 bits per heavy atom. The summed E-state index contributed by atoms with van der Waals surface area (Å²) in [5.41, 5.74) is 3.31. The number of ether oxygens (including phenoxy) is 2. The molecule has 2 amide bonds. The number of alkyl carbamates (subject to hydrolysis) is 2. The summed E-state index contributed by atoms with van der Waals surface area (Å²) in [7, 11) is 0. The van der Waals surface area contributed by atoms with Crippen molar-refractivity contribution in [2.24, 2.45) is 0 Å². The molecule has 42 heavy (non-hydrogen) atoms. The minimum absolute atomic E-state index is 0.0504. The van der Waals surface area contributed by atoms with E-state index in [1.54, 1.807) is 0 Å². The Hall–Kier alpha value is -4.66. The fourth-order valence-electron chi connectivity index (χ4n) is 4.56. The van der Waals surface area contributed by atoms with Crippen LogP contribution in [0.5, 0.6) is 0 Å². The molecule has 4 aromatic rings. The lowest BCUT2D eigenvalue weighted by Gasteiger charge is -2.32. The highest BCUT2D eigenvalue weighted by Crippen LogP contribution is 2.16. The van der Waals surface area contributed by atoms with Gasteiger partial charge in [0.1, 0.15) is 25.4 Å². The van der Waals surface area contributed by atoms with Gasteiger partial charge >= 0.3 is 12.2 Å². The summed E-state index contributed by atoms with van der Waals surface area (Å²) >= 11 is 0. The van der Waals surface area contributed by atoms with E-state index in [9.17, 15) is 19.8 Å². The standard InChI is InChI=1S/C34H36N2O6/c37-31(29(21-25-13-5-1-6-14-25)35-33(39)41-23-27-17-9-3-10-18-27)32(38)30(22-26-15-7-2-8-16-26)36-34(40)42-24-28-19-11-4-12-20-28/h1-20,29-32,37-38H,21-24H2,(H,35,39)(H,36,40). The molecule has 4 unspecified atom stereocenters. The van der Waals surface area contributed by atoms with E-state index < -0.39 is 36.5 Å². The van der Waals surface area contributed by atoms with Gasteiger partial charge in [0.2, 0.25) is 0 Å². The van der Waals surface area contributed by atoms with Crippen LogP contribution in [0.25, 0.3) is 0 Å². The molecule has 0 aliphatic heterocycles. The molecule has 0 heterocycles. The zero-order valence-corrected chi connectivity index (χ0v) is 23.2. The zero-order chi connectivity index (χ0) is 29.6. The Morgan fingerprint density at radius 3 is 1.10 bits per heavy atom. The third kappa shape index (κ3) is 9.76. The van der Waals surface area contributed by atoms with Crippen molar-refractivity contribution in [1.82, 2.24) is 10.6 Å². The van der Waals surface area contributed by atoms with Crippen molar-refractivity contribution in [1.29, 1.82) is 0 Å². The average Bonchev–Trinajstić information content (AvgIpc) is 3.03. The van der Waals surface area contributed by atoms with Crippen molar-refractivity contribution >= 4 is 12.2 Å². The number of aliphatic hydroxyl groups is 2. The molecule has 0 aliphatic carbocycles. The molecular formula is C34H36N2O6. The van der Waals surface area contributed by atoms with Gasteiger partial charge in [-0.25, -0.2) is 9.59 Å². The fourth-order valence-corrected chi connectivity index (χ4v) is 4.56. The smallest absolute Gasteiger partial charge is 0.407 e. The second kappa shape index (κ2) is 16.0. The first-order valence-electron chi connectivity index (χ1n) is 13.9. The van der Waals surface area contributed by atoms with E-state index in [1.165, 1.54) is 0 Å². The molecule has 4 atom stereocenters. The molecular weight excluding hydrogens is 532 g/mol. The van der Waals surface area contributed by atoms with Gasteiger partial charge < -0.3 is 30.3 Å². The quantitative estimate of drug-likeness (QED) is 0.184. The SMILES string of the molecule is O=C(NC(Cc1ccccc1)C(O)C(O)C(Cc1ccccc1)NC(=O)OCc1ccccc1)OCc1ccccc1. The fraction of sp³-hybridized carbons (Fsp3) is 0.235. The Kier molecular flexibility index (Phi) is 11.5. The zero-order valence-electron chi connectivity index (χ0n) is 23.2. The van der Waals surface area contributed by atoms with Crippen molar-refractivity contribution in [3.63, 3.8) is 0 Å². The number of nitrogens with one attached hydrogen (secondary N) is 2. The summed E-state index contributed by atoms with van der Waals surface area (Å²) in [5.74, 6) is 0. The van der Waals surface area contributed by atoms with Crippen LogP contribution in [0.2, 0.25) is 0 Å². The molecule has 0 fully saturated rings. The van der Waals surface area contributed by atoms with E-state index in [0.717, 1.165) is 22.3 Å². The molecule has 218 valence electrons. The lowest BCUT2D eigenvalue weighted by molar-refractivity contribution is -0.0240. The maximum Gasteiger partial charge on any atom is 0.407 e. The Morgan fingerprint density at radius 1 is 0.500 bits per heavy atom. The van der Waals surface area contributed by atoms with Crippen LogP contribution in [-0.4, -0.2) is 46.7 Å². The predicted molar refractivity (Wildman–Crippen MR) is 159 cm³/mol. The number of hydrogen-bond acceptors (Lipinski definition) is 6. The summed E-state index contributed by atoms with van der Waals surface area (Å²) in [6, 6.07) is 35.2. The first-order chi connectivity index (χ1) is 20.5. The number of benzene rings is 4. The number of aliphatic hydroxyl groups excluding tert-OH is 2. The average molecular weight is 569 g/mol. The first kappa shape index (κ1) is 30.3. The molecule has 0 saturated heterocycles. The van der Waals surface area contributed by atoms with Crippen LogP contribution in [0.3, 0.4) is 0 Å². The van der Waals surface area contributed by atoms with Crippen LogP contribution in [0.1, 0.15) is 22.3 Å². The summed E-state index contributed by atoms with van der Waals surface area (Å²) in [6.45, 7) is 0.101. The number of carbonyl (C=O) groups is 2. The number of rotatable bonds is 13. The number of amides is 2. The van der Waals surface area contributed by atoms with Gasteiger partial charge in [-0.1, -0.05) is 121 Å². The maximum atomic E-state index is 12.8. The molecule has 0 aromatic heterocycles. The van der Waals surface area contributed by atoms with Gasteiger partial charge in [0, 0.05) is 0 Å². The molecule has 0 bridgehead atoms. The van der Waals surface area contributed by atoms with Crippen molar-refractivity contribution in [2.45, 2.75) is 50.3 Å². The molecule has 0 saturated carbocycles. The van der Waals surface area contributed by atoms with Gasteiger partial charge in [-0.15, -0.1) is 0 Å². The summed E-state index contributed by atoms with van der Waals surface area (Å²) in [5, 5.41) is 28.3. The van der Waals surface area contributed by atoms with Crippen LogP contribution in [0.4, 0.5) is 9.59 Å². The molecule has 8 heteroatoms. The molecule has 0 aliphatic rings. The van der Waals surface area contributed by atoms with Gasteiger partial charge in [0.15, 0.2) is 0 Å². The largest absolute Gasteiger partial charge is 0.445 e. The van der Waals surface area contributed by atoms with Crippen LogP contribution >= 0.6 is 0 Å². The Labute approximate surface area is 245 Å². The lowest BCUT2D eigenvalue weighted by atomic mass is 9.91. The molecule has 8 nitrogen and oxygen atoms in total. The highest BCUT2D eigenvalue weighted by atomic mass is 16.6. The van der Waals surface area contributed by atoms with E-state index in [2.05, 4.69) is 10.6 Å². The second-order valence-electron chi connectivity index (χ2n) is 9.99. The molecule has 4 aromatic carbocycles. The van der Waals surface area contributed by atoms with Crippen molar-refractivity contribution < 1.29 is 29.3 Å². The molecule has 0 spiro atoms. The number of hydrogen-bond donors (Lipinski definition) is 4. The van der Waals surface area contributed by atoms with Gasteiger partial charge in [-0.2, -0.15) is 0 Å². The van der Waals surface area contributed by atoms with Gasteiger partial charge in [-0.05, 0) is 35.1 Å². The van der Waals surface area contributed by atoms with Crippen LogP contribution in [-0.2, 0) is 35.5 Å². The number of carbonyl (C=O) groups excluding carboxylic acids is 2. The van der Waals surface area contributed by atoms with E-state index in [4.69, 9.17) is 9.47 Å². The van der Waals surface area contributed by atoms with E-state index in [-0.39, 0.29) is 26.1 Å². The maximum absolute atomic E-state index is 12.8. The minimum Gasteiger partial charge on any atom is -0.445 e. The van der Waals surface area contributed by atoms with E-state index in [0.29, 0.717) is 0 Å². The normalized spacial score (nSPS) is 13.7. The van der Waals surface area contributed by atoms with E-state index >= 15 is 0 Å². The highest BCUT2D eigenvalue weighted by molar-refractivity contribution is 5.68. The van der Waals surface area contributed by atoms with Gasteiger partial charge in [-0.3, -0.25) is 0 Å². The van der Waals surface area contributed by atoms with Crippen LogP contribution < -0.4 is 10.6 Å². The van der Waals surface area contributed by atoms with Crippen LogP contribution in [0, 0.1) is 0 Å². The third-order valence-corrected chi connectivity index (χ3v) is 6.80. The molecule has 4 rings (SSSR count). The van der Waals surface area contributed by atoms with Crippen LogP contribution in [0.15, 0.2) is 121 Å². The summed E-state index contributed by atoms with van der Waals surface area (Å²) < 4.78 is 10.8. The van der Waals surface area contributed by atoms with Crippen molar-refractivity contribution in [2.75, 3.05) is 0 Å². The van der Waals surface area contributed by atoms with Crippen molar-refractivity contribution in [3.05, 3.63) is 144 Å². The van der Waals surface area contributed by atoms with E-state index in [1.807, 2.05) is 121 Å². The monoisotopic (exact) mass is 568 g/mol. The Bertz CT molecular complexity index is 1250. The van der Waals surface area contributed by atoms with Gasteiger partial charge in [0.25, 0.3) is 0 Å². The molecule has 0 radical (unpaired) electrons. The molecule has 4 N–H and O–H groups in total. The first-order valence-corrected chi connectivity index (χ1v) is 13.9.